The summed E-state index contributed by atoms with van der Waals surface area (Å²) in [6, 6.07) is 3.74. The average Bonchev–Trinajstić information content (AvgIpc) is 2.33. The Labute approximate surface area is 126 Å². The van der Waals surface area contributed by atoms with Gasteiger partial charge in [-0.2, -0.15) is 13.2 Å². The molecule has 1 aromatic carbocycles. The second kappa shape index (κ2) is 6.55. The van der Waals surface area contributed by atoms with E-state index in [2.05, 4.69) is 0 Å². The van der Waals surface area contributed by atoms with Gasteiger partial charge in [-0.1, -0.05) is 6.07 Å². The molecule has 0 amide bonds. The van der Waals surface area contributed by atoms with Crippen molar-refractivity contribution in [2.45, 2.75) is 26.1 Å². The van der Waals surface area contributed by atoms with E-state index in [9.17, 15) is 26.4 Å². The van der Waals surface area contributed by atoms with Crippen LogP contribution in [0.4, 0.5) is 18.9 Å². The van der Waals surface area contributed by atoms with Gasteiger partial charge in [0.15, 0.2) is 0 Å². The summed E-state index contributed by atoms with van der Waals surface area (Å²) in [6.45, 7) is 2.46. The van der Waals surface area contributed by atoms with Crippen LogP contribution in [0.5, 0.6) is 0 Å². The highest BCUT2D eigenvalue weighted by Crippen LogP contribution is 2.32. The Hall–Kier alpha value is -1.77. The van der Waals surface area contributed by atoms with Gasteiger partial charge >= 0.3 is 12.1 Å². The lowest BCUT2D eigenvalue weighted by Crippen LogP contribution is -2.36. The molecule has 0 aliphatic carbocycles. The Kier molecular flexibility index (Phi) is 5.44. The number of esters is 1. The van der Waals surface area contributed by atoms with Crippen LogP contribution >= 0.6 is 0 Å². The van der Waals surface area contributed by atoms with Gasteiger partial charge in [-0.3, -0.25) is 9.10 Å². The first-order valence-electron chi connectivity index (χ1n) is 6.25. The Morgan fingerprint density at radius 1 is 1.32 bits per heavy atom. The standard InChI is InChI=1S/C13H16F3NO4S/c1-9(2)21-12(18)8-17(22(3,19)20)11-6-4-5-10(7-11)13(14,15)16/h4-7,9H,8H2,1-3H3. The van der Waals surface area contributed by atoms with Crippen molar-refractivity contribution in [1.29, 1.82) is 0 Å². The topological polar surface area (TPSA) is 63.7 Å². The summed E-state index contributed by atoms with van der Waals surface area (Å²) in [5.41, 5.74) is -1.26. The fraction of sp³-hybridized carbons (Fsp3) is 0.462. The van der Waals surface area contributed by atoms with Crippen LogP contribution in [0.25, 0.3) is 0 Å². The molecular weight excluding hydrogens is 323 g/mol. The summed E-state index contributed by atoms with van der Waals surface area (Å²) in [6.07, 6.45) is -4.27. The lowest BCUT2D eigenvalue weighted by atomic mass is 10.2. The minimum atomic E-state index is -4.61. The van der Waals surface area contributed by atoms with E-state index in [1.807, 2.05) is 0 Å². The maximum Gasteiger partial charge on any atom is 0.416 e. The summed E-state index contributed by atoms with van der Waals surface area (Å²) in [4.78, 5) is 11.6. The Bertz CT molecular complexity index is 641. The molecule has 0 heterocycles. The molecule has 22 heavy (non-hydrogen) atoms. The van der Waals surface area contributed by atoms with E-state index >= 15 is 0 Å². The maximum absolute atomic E-state index is 12.7. The monoisotopic (exact) mass is 339 g/mol. The zero-order valence-corrected chi connectivity index (χ0v) is 13.0. The van der Waals surface area contributed by atoms with Crippen molar-refractivity contribution in [2.24, 2.45) is 0 Å². The van der Waals surface area contributed by atoms with Crippen molar-refractivity contribution >= 4 is 21.7 Å². The van der Waals surface area contributed by atoms with Crippen LogP contribution < -0.4 is 4.31 Å². The fourth-order valence-electron chi connectivity index (χ4n) is 1.65. The number of halogens is 3. The molecule has 0 aromatic heterocycles. The van der Waals surface area contributed by atoms with Crippen LogP contribution in [0.15, 0.2) is 24.3 Å². The van der Waals surface area contributed by atoms with E-state index in [-0.39, 0.29) is 5.69 Å². The van der Waals surface area contributed by atoms with Crippen LogP contribution in [0.2, 0.25) is 0 Å². The molecule has 0 bridgehead atoms. The van der Waals surface area contributed by atoms with Gasteiger partial charge in [-0.25, -0.2) is 8.42 Å². The number of benzene rings is 1. The van der Waals surface area contributed by atoms with Crippen molar-refractivity contribution < 1.29 is 31.1 Å². The van der Waals surface area contributed by atoms with Crippen LogP contribution in [-0.4, -0.2) is 33.3 Å². The molecule has 1 rings (SSSR count). The summed E-state index contributed by atoms with van der Waals surface area (Å²) in [7, 11) is -3.95. The summed E-state index contributed by atoms with van der Waals surface area (Å²) >= 11 is 0. The third kappa shape index (κ3) is 5.21. The van der Waals surface area contributed by atoms with Gasteiger partial charge in [0.25, 0.3) is 0 Å². The molecule has 1 aromatic rings. The van der Waals surface area contributed by atoms with Gasteiger partial charge in [0.05, 0.1) is 23.6 Å². The normalized spacial score (nSPS) is 12.3. The van der Waals surface area contributed by atoms with Gasteiger partial charge in [0, 0.05) is 0 Å². The first-order chi connectivity index (χ1) is 9.91. The lowest BCUT2D eigenvalue weighted by Gasteiger charge is -2.22. The smallest absolute Gasteiger partial charge is 0.416 e. The molecule has 0 saturated carbocycles. The van der Waals surface area contributed by atoms with Crippen molar-refractivity contribution in [3.05, 3.63) is 29.8 Å². The Morgan fingerprint density at radius 2 is 1.91 bits per heavy atom. The molecule has 0 N–H and O–H groups in total. The number of nitrogens with zero attached hydrogens (tertiary/aromatic N) is 1. The van der Waals surface area contributed by atoms with Gasteiger partial charge in [0.1, 0.15) is 6.54 Å². The quantitative estimate of drug-likeness (QED) is 0.773. The molecule has 0 aliphatic rings. The highest BCUT2D eigenvalue weighted by molar-refractivity contribution is 7.92. The van der Waals surface area contributed by atoms with E-state index in [1.54, 1.807) is 13.8 Å². The third-order valence-electron chi connectivity index (χ3n) is 2.50. The van der Waals surface area contributed by atoms with E-state index in [0.29, 0.717) is 10.4 Å². The summed E-state index contributed by atoms with van der Waals surface area (Å²) < 4.78 is 67.0. The second-order valence-electron chi connectivity index (χ2n) is 4.86. The van der Waals surface area contributed by atoms with Crippen LogP contribution in [0.1, 0.15) is 19.4 Å². The molecule has 9 heteroatoms. The lowest BCUT2D eigenvalue weighted by molar-refractivity contribution is -0.145. The number of rotatable bonds is 5. The van der Waals surface area contributed by atoms with Crippen LogP contribution in [0, 0.1) is 0 Å². The number of sulfonamides is 1. The zero-order chi connectivity index (χ0) is 17.1. The first kappa shape index (κ1) is 18.3. The van der Waals surface area contributed by atoms with Gasteiger partial charge in [-0.05, 0) is 32.0 Å². The Morgan fingerprint density at radius 3 is 2.36 bits per heavy atom. The number of carbonyl (C=O) groups is 1. The molecule has 0 fully saturated rings. The van der Waals surface area contributed by atoms with Crippen LogP contribution in [-0.2, 0) is 25.7 Å². The average molecular weight is 339 g/mol. The molecule has 124 valence electrons. The van der Waals surface area contributed by atoms with E-state index in [4.69, 9.17) is 4.74 Å². The number of alkyl halides is 3. The second-order valence-corrected chi connectivity index (χ2v) is 6.76. The van der Waals surface area contributed by atoms with Crippen molar-refractivity contribution in [3.63, 3.8) is 0 Å². The van der Waals surface area contributed by atoms with Crippen molar-refractivity contribution in [2.75, 3.05) is 17.1 Å². The molecule has 5 nitrogen and oxygen atoms in total. The third-order valence-corrected chi connectivity index (χ3v) is 3.64. The molecule has 0 radical (unpaired) electrons. The zero-order valence-electron chi connectivity index (χ0n) is 12.2. The highest BCUT2D eigenvalue weighted by Gasteiger charge is 2.32. The predicted octanol–water partition coefficient (Wildman–Crippen LogP) is 2.42. The maximum atomic E-state index is 12.7. The Balaban J connectivity index is 3.17. The minimum absolute atomic E-state index is 0.252. The number of anilines is 1. The van der Waals surface area contributed by atoms with Gasteiger partial charge in [0.2, 0.25) is 10.0 Å². The number of carbonyl (C=O) groups excluding carboxylic acids is 1. The number of hydrogen-bond donors (Lipinski definition) is 0. The van der Waals surface area contributed by atoms with E-state index in [0.717, 1.165) is 18.4 Å². The van der Waals surface area contributed by atoms with E-state index < -0.39 is 40.4 Å². The highest BCUT2D eigenvalue weighted by atomic mass is 32.2. The predicted molar refractivity (Wildman–Crippen MR) is 74.9 cm³/mol. The van der Waals surface area contributed by atoms with Gasteiger partial charge < -0.3 is 4.74 Å². The largest absolute Gasteiger partial charge is 0.462 e. The molecule has 0 aliphatic heterocycles. The molecule has 0 unspecified atom stereocenters. The fourth-order valence-corrected chi connectivity index (χ4v) is 2.49. The number of ether oxygens (including phenoxy) is 1. The molecule has 0 spiro atoms. The summed E-state index contributed by atoms with van der Waals surface area (Å²) in [5, 5.41) is 0. The first-order valence-corrected chi connectivity index (χ1v) is 8.10. The van der Waals surface area contributed by atoms with Gasteiger partial charge in [-0.15, -0.1) is 0 Å². The van der Waals surface area contributed by atoms with E-state index in [1.165, 1.54) is 6.07 Å². The molecule has 0 atom stereocenters. The summed E-state index contributed by atoms with van der Waals surface area (Å²) in [5.74, 6) is -0.849. The number of hydrogen-bond acceptors (Lipinski definition) is 4. The minimum Gasteiger partial charge on any atom is -0.462 e. The molecular formula is C13H16F3NO4S. The van der Waals surface area contributed by atoms with Crippen molar-refractivity contribution in [1.82, 2.24) is 0 Å². The SMILES string of the molecule is CC(C)OC(=O)CN(c1cccc(C(F)(F)F)c1)S(C)(=O)=O. The molecule has 0 saturated heterocycles. The van der Waals surface area contributed by atoms with Crippen LogP contribution in [0.3, 0.4) is 0 Å². The van der Waals surface area contributed by atoms with Crippen molar-refractivity contribution in [3.8, 4) is 0 Å².